The van der Waals surface area contributed by atoms with E-state index >= 15 is 0 Å². The van der Waals surface area contributed by atoms with Gasteiger partial charge in [-0.1, -0.05) is 0 Å². The number of nitro groups is 1. The molecule has 20 heavy (non-hydrogen) atoms. The number of aryl methyl sites for hydroxylation is 1. The zero-order valence-corrected chi connectivity index (χ0v) is 10.5. The molecule has 0 fully saturated rings. The normalized spacial score (nSPS) is 10.1. The fourth-order valence-corrected chi connectivity index (χ4v) is 1.74. The Morgan fingerprint density at radius 2 is 1.95 bits per heavy atom. The van der Waals surface area contributed by atoms with E-state index in [2.05, 4.69) is 0 Å². The van der Waals surface area contributed by atoms with Crippen LogP contribution in [0.15, 0.2) is 36.4 Å². The lowest BCUT2D eigenvalue weighted by molar-refractivity contribution is -0.385. The molecule has 0 aromatic heterocycles. The molecule has 0 aliphatic heterocycles. The summed E-state index contributed by atoms with van der Waals surface area (Å²) in [5.74, 6) is -0.112. The number of carbonyl (C=O) groups is 1. The van der Waals surface area contributed by atoms with Gasteiger partial charge in [0.1, 0.15) is 23.6 Å². The molecule has 0 radical (unpaired) electrons. The molecule has 0 atom stereocenters. The number of nitro benzene ring substituents is 1. The fraction of sp³-hybridized carbons (Fsp3) is 0.0714. The molecule has 0 bridgehead atoms. The van der Waals surface area contributed by atoms with Gasteiger partial charge >= 0.3 is 0 Å². The Hall–Kier alpha value is -2.76. The zero-order chi connectivity index (χ0) is 14.7. The number of rotatable bonds is 4. The third kappa shape index (κ3) is 2.97. The number of benzene rings is 2. The van der Waals surface area contributed by atoms with Crippen LogP contribution in [0, 0.1) is 22.9 Å². The largest absolute Gasteiger partial charge is 0.457 e. The summed E-state index contributed by atoms with van der Waals surface area (Å²) in [7, 11) is 0. The molecule has 2 aromatic rings. The number of halogens is 1. The van der Waals surface area contributed by atoms with Gasteiger partial charge in [-0.05, 0) is 31.2 Å². The van der Waals surface area contributed by atoms with Crippen LogP contribution in [0.4, 0.5) is 10.1 Å². The smallest absolute Gasteiger partial charge is 0.272 e. The minimum atomic E-state index is -0.594. The van der Waals surface area contributed by atoms with Gasteiger partial charge in [-0.25, -0.2) is 4.39 Å². The Morgan fingerprint density at radius 1 is 1.20 bits per heavy atom. The van der Waals surface area contributed by atoms with Crippen molar-refractivity contribution in [1.29, 1.82) is 0 Å². The molecule has 2 rings (SSSR count). The van der Waals surface area contributed by atoms with Gasteiger partial charge in [0.05, 0.1) is 4.92 Å². The van der Waals surface area contributed by atoms with Crippen molar-refractivity contribution < 1.29 is 18.8 Å². The highest BCUT2D eigenvalue weighted by Gasteiger charge is 2.11. The van der Waals surface area contributed by atoms with Gasteiger partial charge in [-0.2, -0.15) is 0 Å². The first-order chi connectivity index (χ1) is 9.49. The molecule has 0 aliphatic carbocycles. The summed E-state index contributed by atoms with van der Waals surface area (Å²) in [5, 5.41) is 10.7. The number of carbonyl (C=O) groups excluding carboxylic acids is 1. The Morgan fingerprint density at radius 3 is 2.55 bits per heavy atom. The van der Waals surface area contributed by atoms with Crippen LogP contribution >= 0.6 is 0 Å². The first-order valence-electron chi connectivity index (χ1n) is 5.68. The van der Waals surface area contributed by atoms with Crippen LogP contribution in [0.1, 0.15) is 15.9 Å². The molecule has 0 spiro atoms. The van der Waals surface area contributed by atoms with Crippen LogP contribution < -0.4 is 4.74 Å². The van der Waals surface area contributed by atoms with Crippen molar-refractivity contribution >= 4 is 12.0 Å². The summed E-state index contributed by atoms with van der Waals surface area (Å²) in [6, 6.07) is 7.79. The van der Waals surface area contributed by atoms with E-state index in [1.54, 1.807) is 6.92 Å². The lowest BCUT2D eigenvalue weighted by Gasteiger charge is -2.07. The van der Waals surface area contributed by atoms with Crippen molar-refractivity contribution in [2.75, 3.05) is 0 Å². The molecular weight excluding hydrogens is 265 g/mol. The van der Waals surface area contributed by atoms with Crippen molar-refractivity contribution in [2.45, 2.75) is 6.92 Å². The van der Waals surface area contributed by atoms with Crippen molar-refractivity contribution in [3.8, 4) is 11.5 Å². The van der Waals surface area contributed by atoms with Gasteiger partial charge in [0.15, 0.2) is 0 Å². The highest BCUT2D eigenvalue weighted by molar-refractivity contribution is 5.75. The van der Waals surface area contributed by atoms with Crippen molar-refractivity contribution in [1.82, 2.24) is 0 Å². The predicted molar refractivity (Wildman–Crippen MR) is 69.7 cm³/mol. The van der Waals surface area contributed by atoms with E-state index in [9.17, 15) is 19.3 Å². The summed E-state index contributed by atoms with van der Waals surface area (Å²) in [6.45, 7) is 1.58. The van der Waals surface area contributed by atoms with E-state index < -0.39 is 10.7 Å². The molecule has 0 saturated carbocycles. The molecule has 102 valence electrons. The van der Waals surface area contributed by atoms with E-state index in [1.807, 2.05) is 0 Å². The first-order valence-corrected chi connectivity index (χ1v) is 5.68. The van der Waals surface area contributed by atoms with E-state index in [-0.39, 0.29) is 17.0 Å². The third-order valence-electron chi connectivity index (χ3n) is 2.63. The standard InChI is InChI=1S/C14H10FNO4/c1-9-4-12(2-3-14(9)16(18)19)20-13-6-10(8-17)5-11(15)7-13/h2-8H,1H3. The molecular formula is C14H10FNO4. The van der Waals surface area contributed by atoms with Crippen LogP contribution in [-0.4, -0.2) is 11.2 Å². The Bertz CT molecular complexity index is 685. The molecule has 0 aliphatic rings. The molecule has 0 N–H and O–H groups in total. The van der Waals surface area contributed by atoms with Gasteiger partial charge in [0, 0.05) is 23.3 Å². The number of aldehydes is 1. The van der Waals surface area contributed by atoms with Crippen molar-refractivity contribution in [2.24, 2.45) is 0 Å². The number of nitrogens with zero attached hydrogens (tertiary/aromatic N) is 1. The third-order valence-corrected chi connectivity index (χ3v) is 2.63. The SMILES string of the molecule is Cc1cc(Oc2cc(F)cc(C=O)c2)ccc1[N+](=O)[O-]. The highest BCUT2D eigenvalue weighted by atomic mass is 19.1. The molecule has 0 heterocycles. The maximum atomic E-state index is 13.2. The van der Waals surface area contributed by atoms with E-state index in [0.29, 0.717) is 17.6 Å². The topological polar surface area (TPSA) is 69.4 Å². The van der Waals surface area contributed by atoms with Crippen LogP contribution in [0.5, 0.6) is 11.5 Å². The Kier molecular flexibility index (Phi) is 3.74. The Balaban J connectivity index is 2.30. The molecule has 2 aromatic carbocycles. The quantitative estimate of drug-likeness (QED) is 0.485. The second-order valence-corrected chi connectivity index (χ2v) is 4.15. The summed E-state index contributed by atoms with van der Waals surface area (Å²) in [6.07, 6.45) is 0.511. The highest BCUT2D eigenvalue weighted by Crippen LogP contribution is 2.27. The average Bonchev–Trinajstić information content (AvgIpc) is 2.37. The number of ether oxygens (including phenoxy) is 1. The van der Waals surface area contributed by atoms with Crippen LogP contribution in [0.2, 0.25) is 0 Å². The summed E-state index contributed by atoms with van der Waals surface area (Å²) in [4.78, 5) is 20.8. The van der Waals surface area contributed by atoms with Crippen molar-refractivity contribution in [3.05, 3.63) is 63.5 Å². The second kappa shape index (κ2) is 5.48. The maximum Gasteiger partial charge on any atom is 0.272 e. The van der Waals surface area contributed by atoms with Gasteiger partial charge in [-0.3, -0.25) is 14.9 Å². The van der Waals surface area contributed by atoms with E-state index in [4.69, 9.17) is 4.74 Å². The lowest BCUT2D eigenvalue weighted by atomic mass is 10.2. The van der Waals surface area contributed by atoms with Crippen LogP contribution in [0.3, 0.4) is 0 Å². The first kappa shape index (κ1) is 13.7. The summed E-state index contributed by atoms with van der Waals surface area (Å²) in [5.41, 5.74) is 0.559. The van der Waals surface area contributed by atoms with Crippen molar-refractivity contribution in [3.63, 3.8) is 0 Å². The average molecular weight is 275 g/mol. The summed E-state index contributed by atoms with van der Waals surface area (Å²) < 4.78 is 18.6. The molecule has 0 saturated heterocycles. The molecule has 0 unspecified atom stereocenters. The monoisotopic (exact) mass is 275 g/mol. The molecule has 5 nitrogen and oxygen atoms in total. The van der Waals surface area contributed by atoms with E-state index in [0.717, 1.165) is 12.1 Å². The molecule has 0 amide bonds. The van der Waals surface area contributed by atoms with Crippen LogP contribution in [0.25, 0.3) is 0 Å². The van der Waals surface area contributed by atoms with E-state index in [1.165, 1.54) is 24.3 Å². The lowest BCUT2D eigenvalue weighted by Crippen LogP contribution is -1.93. The molecule has 6 heteroatoms. The number of hydrogen-bond acceptors (Lipinski definition) is 4. The number of hydrogen-bond donors (Lipinski definition) is 0. The van der Waals surface area contributed by atoms with Gasteiger partial charge in [-0.15, -0.1) is 0 Å². The Labute approximate surface area is 113 Å². The van der Waals surface area contributed by atoms with Crippen LogP contribution in [-0.2, 0) is 0 Å². The predicted octanol–water partition coefficient (Wildman–Crippen LogP) is 3.65. The van der Waals surface area contributed by atoms with Gasteiger partial charge in [0.2, 0.25) is 0 Å². The fourth-order valence-electron chi connectivity index (χ4n) is 1.74. The zero-order valence-electron chi connectivity index (χ0n) is 10.5. The minimum absolute atomic E-state index is 0.0230. The maximum absolute atomic E-state index is 13.2. The second-order valence-electron chi connectivity index (χ2n) is 4.15. The van der Waals surface area contributed by atoms with Gasteiger partial charge in [0.25, 0.3) is 5.69 Å². The summed E-state index contributed by atoms with van der Waals surface area (Å²) >= 11 is 0. The minimum Gasteiger partial charge on any atom is -0.457 e. The van der Waals surface area contributed by atoms with Gasteiger partial charge < -0.3 is 4.74 Å².